The molecular weight excluding hydrogens is 246 g/mol. The van der Waals surface area contributed by atoms with Gasteiger partial charge in [-0.3, -0.25) is 0 Å². The summed E-state index contributed by atoms with van der Waals surface area (Å²) >= 11 is 0. The zero-order valence-electron chi connectivity index (χ0n) is 12.2. The van der Waals surface area contributed by atoms with Gasteiger partial charge in [0.25, 0.3) is 0 Å². The summed E-state index contributed by atoms with van der Waals surface area (Å²) in [5, 5.41) is 25.6. The molecule has 1 amide bonds. The van der Waals surface area contributed by atoms with Crippen LogP contribution in [-0.2, 0) is 4.79 Å². The lowest BCUT2D eigenvalue weighted by Gasteiger charge is -2.08. The Morgan fingerprint density at radius 2 is 1.11 bits per heavy atom. The molecule has 0 saturated carbocycles. The fourth-order valence-electron chi connectivity index (χ4n) is 2.09. The minimum absolute atomic E-state index is 0.000514. The van der Waals surface area contributed by atoms with Crippen molar-refractivity contribution >= 4 is 5.91 Å². The normalized spacial score (nSPS) is 11.8. The molecule has 0 rings (SSSR count). The first kappa shape index (κ1) is 18.5. The summed E-state index contributed by atoms with van der Waals surface area (Å²) in [6.45, 7) is 2.22. The molecule has 0 saturated heterocycles. The van der Waals surface area contributed by atoms with Crippen molar-refractivity contribution in [2.24, 2.45) is 0 Å². The number of carbonyl (C=O) groups is 1. The molecule has 0 radical (unpaired) electrons. The molecule has 0 aliphatic carbocycles. The minimum atomic E-state index is -2.53. The maximum atomic E-state index is 10.9. The number of amides is 1. The molecule has 0 heterocycles. The van der Waals surface area contributed by atoms with Crippen LogP contribution >= 0.6 is 0 Å². The van der Waals surface area contributed by atoms with Gasteiger partial charge in [0, 0.05) is 0 Å². The van der Waals surface area contributed by atoms with Crippen LogP contribution in [0.25, 0.3) is 0 Å². The summed E-state index contributed by atoms with van der Waals surface area (Å²) in [7, 11) is 0. The lowest BCUT2D eigenvalue weighted by molar-refractivity contribution is -1.32. The zero-order chi connectivity index (χ0) is 14.6. The molecule has 0 aromatic carbocycles. The van der Waals surface area contributed by atoms with Gasteiger partial charge in [0.1, 0.15) is 0 Å². The summed E-state index contributed by atoms with van der Waals surface area (Å²) in [6.07, 6.45) is 12.9. The van der Waals surface area contributed by atoms with E-state index in [0.29, 0.717) is 6.42 Å². The van der Waals surface area contributed by atoms with Crippen LogP contribution in [0.3, 0.4) is 0 Å². The van der Waals surface area contributed by atoms with Gasteiger partial charge in [-0.2, -0.15) is 0 Å². The first-order valence-electron chi connectivity index (χ1n) is 7.59. The maximum absolute atomic E-state index is 10.9. The molecule has 0 aliphatic heterocycles. The molecule has 5 heteroatoms. The Kier molecular flexibility index (Phi) is 11.1. The number of nitrogens with zero attached hydrogens (tertiary/aromatic N) is 1. The summed E-state index contributed by atoms with van der Waals surface area (Å²) < 4.78 is 0. The monoisotopic (exact) mass is 276 g/mol. The van der Waals surface area contributed by atoms with E-state index >= 15 is 0 Å². The highest BCUT2D eigenvalue weighted by atomic mass is 17.1. The average molecular weight is 276 g/mol. The van der Waals surface area contributed by atoms with Crippen LogP contribution in [0.15, 0.2) is 0 Å². The van der Waals surface area contributed by atoms with E-state index in [0.717, 1.165) is 12.8 Å². The Labute approximate surface area is 116 Å². The van der Waals surface area contributed by atoms with Crippen molar-refractivity contribution in [1.82, 2.24) is 0 Å². The molecule has 0 aromatic rings. The lowest BCUT2D eigenvalue weighted by atomic mass is 10.1. The van der Waals surface area contributed by atoms with E-state index in [1.807, 2.05) is 0 Å². The molecule has 0 aromatic heterocycles. The maximum Gasteiger partial charge on any atom is 0.413 e. The van der Waals surface area contributed by atoms with Gasteiger partial charge in [-0.1, -0.05) is 71.1 Å². The molecule has 0 unspecified atom stereocenters. The summed E-state index contributed by atoms with van der Waals surface area (Å²) in [5.41, 5.74) is 0. The van der Waals surface area contributed by atoms with E-state index in [2.05, 4.69) is 6.92 Å². The molecule has 3 N–H and O–H groups in total. The van der Waals surface area contributed by atoms with Crippen molar-refractivity contribution in [3.05, 3.63) is 0 Å². The predicted molar refractivity (Wildman–Crippen MR) is 71.7 cm³/mol. The second-order valence-electron chi connectivity index (χ2n) is 5.25. The highest BCUT2D eigenvalue weighted by Gasteiger charge is 2.31. The van der Waals surface area contributed by atoms with Crippen molar-refractivity contribution in [3.63, 3.8) is 0 Å². The predicted octanol–water partition coefficient (Wildman–Crippen LogP) is 4.20. The fourth-order valence-corrected chi connectivity index (χ4v) is 2.09. The first-order valence-corrected chi connectivity index (χ1v) is 7.59. The summed E-state index contributed by atoms with van der Waals surface area (Å²) in [5.74, 6) is -0.976. The molecule has 5 nitrogen and oxygen atoms in total. The SMILES string of the molecule is CCCCCCCCCCCCCC(=O)[N+](O)(O)O. The van der Waals surface area contributed by atoms with Gasteiger partial charge in [-0.25, -0.2) is 4.79 Å². The van der Waals surface area contributed by atoms with Crippen LogP contribution in [0, 0.1) is 0 Å². The number of hydrogen-bond acceptors (Lipinski definition) is 4. The number of unbranched alkanes of at least 4 members (excludes halogenated alkanes) is 10. The third kappa shape index (κ3) is 12.3. The van der Waals surface area contributed by atoms with Crippen molar-refractivity contribution in [3.8, 4) is 0 Å². The number of hydrogen-bond donors (Lipinski definition) is 3. The Morgan fingerprint density at radius 3 is 1.47 bits per heavy atom. The number of hydroxylamine groups is 3. The topological polar surface area (TPSA) is 77.8 Å². The number of quaternary nitrogens is 1. The van der Waals surface area contributed by atoms with Crippen LogP contribution in [0.2, 0.25) is 0 Å². The van der Waals surface area contributed by atoms with E-state index in [-0.39, 0.29) is 6.42 Å². The lowest BCUT2D eigenvalue weighted by Crippen LogP contribution is -2.43. The molecule has 0 spiro atoms. The fraction of sp³-hybridized carbons (Fsp3) is 0.929. The van der Waals surface area contributed by atoms with E-state index in [4.69, 9.17) is 15.6 Å². The third-order valence-electron chi connectivity index (χ3n) is 3.33. The minimum Gasteiger partial charge on any atom is -0.220 e. The molecule has 19 heavy (non-hydrogen) atoms. The van der Waals surface area contributed by atoms with Crippen LogP contribution < -0.4 is 0 Å². The van der Waals surface area contributed by atoms with Gasteiger partial charge >= 0.3 is 5.91 Å². The summed E-state index contributed by atoms with van der Waals surface area (Å²) in [4.78, 5) is 8.42. The zero-order valence-corrected chi connectivity index (χ0v) is 12.2. The van der Waals surface area contributed by atoms with Gasteiger partial charge in [-0.05, 0) is 6.42 Å². The smallest absolute Gasteiger partial charge is 0.220 e. The Balaban J connectivity index is 3.17. The van der Waals surface area contributed by atoms with E-state index < -0.39 is 10.9 Å². The molecule has 0 bridgehead atoms. The van der Waals surface area contributed by atoms with Gasteiger partial charge in [0.15, 0.2) is 4.97 Å². The molecule has 0 aliphatic rings. The van der Waals surface area contributed by atoms with E-state index in [1.54, 1.807) is 0 Å². The standard InChI is InChI=1S/C14H30NO4/c1-2-3-4-5-6-7-8-9-10-11-12-13-14(16)15(17,18)19/h17-19H,2-13H2,1H3/q+1. The average Bonchev–Trinajstić information content (AvgIpc) is 2.34. The second-order valence-corrected chi connectivity index (χ2v) is 5.25. The van der Waals surface area contributed by atoms with E-state index in [9.17, 15) is 4.79 Å². The van der Waals surface area contributed by atoms with Crippen molar-refractivity contribution in [2.75, 3.05) is 0 Å². The highest BCUT2D eigenvalue weighted by molar-refractivity contribution is 5.66. The Hall–Kier alpha value is -0.490. The van der Waals surface area contributed by atoms with Crippen LogP contribution in [0.5, 0.6) is 0 Å². The Bertz CT molecular complexity index is 226. The Morgan fingerprint density at radius 1 is 0.737 bits per heavy atom. The van der Waals surface area contributed by atoms with Gasteiger partial charge in [-0.15, -0.1) is 15.6 Å². The van der Waals surface area contributed by atoms with Crippen LogP contribution in [-0.4, -0.2) is 26.5 Å². The summed E-state index contributed by atoms with van der Waals surface area (Å²) in [6, 6.07) is 0. The van der Waals surface area contributed by atoms with Crippen LogP contribution in [0.1, 0.15) is 84.0 Å². The number of rotatable bonds is 12. The quantitative estimate of drug-likeness (QED) is 0.216. The second kappa shape index (κ2) is 11.3. The van der Waals surface area contributed by atoms with Crippen molar-refractivity contribution < 1.29 is 25.4 Å². The van der Waals surface area contributed by atoms with Gasteiger partial charge in [0.2, 0.25) is 0 Å². The molecule has 0 fully saturated rings. The van der Waals surface area contributed by atoms with Crippen molar-refractivity contribution in [2.45, 2.75) is 84.0 Å². The number of carbonyl (C=O) groups excluding carboxylic acids is 1. The van der Waals surface area contributed by atoms with Crippen molar-refractivity contribution in [1.29, 1.82) is 0 Å². The highest BCUT2D eigenvalue weighted by Crippen LogP contribution is 2.12. The molecule has 0 atom stereocenters. The first-order chi connectivity index (χ1) is 8.98. The van der Waals surface area contributed by atoms with Crippen LogP contribution in [0.4, 0.5) is 0 Å². The largest absolute Gasteiger partial charge is 0.413 e. The molecule has 114 valence electrons. The van der Waals surface area contributed by atoms with Gasteiger partial charge < -0.3 is 0 Å². The van der Waals surface area contributed by atoms with E-state index in [1.165, 1.54) is 51.4 Å². The van der Waals surface area contributed by atoms with Gasteiger partial charge in [0.05, 0.1) is 6.42 Å². The third-order valence-corrected chi connectivity index (χ3v) is 3.33. The molecular formula is C14H30NO4+.